The van der Waals surface area contributed by atoms with Crippen molar-refractivity contribution in [1.82, 2.24) is 10.3 Å². The molecule has 3 heterocycles. The Kier molecular flexibility index (Phi) is 7.97. The van der Waals surface area contributed by atoms with Gasteiger partial charge in [-0.05, 0) is 69.7 Å². The number of unbranched alkanes of at least 4 members (excludes halogenated alkanes) is 2. The molecule has 3 nitrogen and oxygen atoms in total. The lowest BCUT2D eigenvalue weighted by atomic mass is 9.65. The monoisotopic (exact) mass is 520 g/mol. The quantitative estimate of drug-likeness (QED) is 0.176. The van der Waals surface area contributed by atoms with Crippen LogP contribution in [-0.2, 0) is 5.41 Å². The molecule has 5 rings (SSSR count). The van der Waals surface area contributed by atoms with Crippen molar-refractivity contribution in [2.45, 2.75) is 97.3 Å². The molecule has 5 heteroatoms. The van der Waals surface area contributed by atoms with Crippen LogP contribution in [0.4, 0.5) is 0 Å². The van der Waals surface area contributed by atoms with Crippen LogP contribution in [0.3, 0.4) is 0 Å². The molecule has 1 aliphatic carbocycles. The number of benzene rings is 1. The number of hydrogen-bond donors (Lipinski definition) is 0. The van der Waals surface area contributed by atoms with E-state index in [2.05, 4.69) is 67.7 Å². The van der Waals surface area contributed by atoms with Crippen molar-refractivity contribution in [3.63, 3.8) is 0 Å². The molecule has 2 atom stereocenters. The molecule has 0 bridgehead atoms. The van der Waals surface area contributed by atoms with E-state index < -0.39 is 0 Å². The topological polar surface area (TPSA) is 38.9 Å². The maximum Gasteiger partial charge on any atom is 0.143 e. The highest BCUT2D eigenvalue weighted by Crippen LogP contribution is 2.61. The summed E-state index contributed by atoms with van der Waals surface area (Å²) in [6.07, 6.45) is 13.0. The van der Waals surface area contributed by atoms with Gasteiger partial charge in [-0.3, -0.25) is 0 Å². The van der Waals surface area contributed by atoms with Crippen molar-refractivity contribution in [3.05, 3.63) is 46.8 Å². The molecule has 36 heavy (non-hydrogen) atoms. The molecule has 0 N–H and O–H groups in total. The van der Waals surface area contributed by atoms with E-state index in [-0.39, 0.29) is 5.41 Å². The molecule has 4 aromatic rings. The minimum Gasteiger partial charge on any atom is -0.243 e. The summed E-state index contributed by atoms with van der Waals surface area (Å²) in [4.78, 5) is 4.31. The van der Waals surface area contributed by atoms with E-state index in [0.29, 0.717) is 0 Å². The zero-order valence-corrected chi connectivity index (χ0v) is 23.9. The molecule has 1 aliphatic rings. The van der Waals surface area contributed by atoms with Crippen molar-refractivity contribution >= 4 is 33.7 Å². The van der Waals surface area contributed by atoms with E-state index in [1.54, 1.807) is 11.1 Å². The van der Waals surface area contributed by atoms with Gasteiger partial charge in [0.1, 0.15) is 11.0 Å². The first-order valence-electron chi connectivity index (χ1n) is 14.1. The molecule has 0 radical (unpaired) electrons. The molecule has 2 unspecified atom stereocenters. The number of thiophene rings is 2. The smallest absolute Gasteiger partial charge is 0.143 e. The highest BCUT2D eigenvalue weighted by atomic mass is 32.1. The average molecular weight is 521 g/mol. The van der Waals surface area contributed by atoms with Gasteiger partial charge in [-0.2, -0.15) is 0 Å². The van der Waals surface area contributed by atoms with Gasteiger partial charge in [0.05, 0.1) is 0 Å². The van der Waals surface area contributed by atoms with Crippen LogP contribution in [0.15, 0.2) is 40.3 Å². The Bertz CT molecular complexity index is 1260. The summed E-state index contributed by atoms with van der Waals surface area (Å²) in [5, 5.41) is 10.7. The number of hydrogen-bond acceptors (Lipinski definition) is 5. The Balaban J connectivity index is 1.63. The Morgan fingerprint density at radius 3 is 2.25 bits per heavy atom. The third-order valence-electron chi connectivity index (χ3n) is 8.55. The fourth-order valence-electron chi connectivity index (χ4n) is 6.46. The Morgan fingerprint density at radius 1 is 0.861 bits per heavy atom. The molecular formula is C31H40N2OS2. The SMILES string of the molecule is CCCCC(CC)CC1(CC(CC)CCCC)c2ccsc2-c2sc(-c3cccc4nonc34)cc21. The predicted molar refractivity (Wildman–Crippen MR) is 155 cm³/mol. The third kappa shape index (κ3) is 4.58. The Labute approximate surface area is 224 Å². The van der Waals surface area contributed by atoms with Crippen molar-refractivity contribution in [2.75, 3.05) is 0 Å². The third-order valence-corrected chi connectivity index (χ3v) is 10.8. The Morgan fingerprint density at radius 2 is 1.58 bits per heavy atom. The molecule has 0 saturated heterocycles. The summed E-state index contributed by atoms with van der Waals surface area (Å²) in [5.41, 5.74) is 6.18. The highest BCUT2D eigenvalue weighted by Gasteiger charge is 2.47. The van der Waals surface area contributed by atoms with Crippen LogP contribution in [0.5, 0.6) is 0 Å². The second kappa shape index (κ2) is 11.2. The van der Waals surface area contributed by atoms with Crippen LogP contribution >= 0.6 is 22.7 Å². The van der Waals surface area contributed by atoms with E-state index in [4.69, 9.17) is 4.63 Å². The number of fused-ring (bicyclic) bond motifs is 4. The maximum atomic E-state index is 5.11. The molecule has 192 valence electrons. The molecular weight excluding hydrogens is 480 g/mol. The summed E-state index contributed by atoms with van der Waals surface area (Å²) >= 11 is 3.89. The van der Waals surface area contributed by atoms with Crippen LogP contribution in [0.25, 0.3) is 31.2 Å². The van der Waals surface area contributed by atoms with Crippen LogP contribution in [0.2, 0.25) is 0 Å². The highest BCUT2D eigenvalue weighted by molar-refractivity contribution is 7.23. The first-order chi connectivity index (χ1) is 17.6. The fourth-order valence-corrected chi connectivity index (χ4v) is 8.91. The molecule has 0 saturated carbocycles. The van der Waals surface area contributed by atoms with Gasteiger partial charge >= 0.3 is 0 Å². The number of rotatable bonds is 13. The number of nitrogens with zero attached hydrogens (tertiary/aromatic N) is 2. The van der Waals surface area contributed by atoms with E-state index in [0.717, 1.165) is 28.4 Å². The summed E-state index contributed by atoms with van der Waals surface area (Å²) in [5.74, 6) is 1.53. The number of aromatic nitrogens is 2. The van der Waals surface area contributed by atoms with Crippen LogP contribution in [0.1, 0.15) is 103 Å². The summed E-state index contributed by atoms with van der Waals surface area (Å²) < 4.78 is 5.11. The lowest BCUT2D eigenvalue weighted by Crippen LogP contribution is -2.31. The normalized spacial score (nSPS) is 18.4. The van der Waals surface area contributed by atoms with E-state index in [9.17, 15) is 0 Å². The van der Waals surface area contributed by atoms with Gasteiger partial charge in [-0.15, -0.1) is 22.7 Å². The van der Waals surface area contributed by atoms with Gasteiger partial charge in [-0.25, -0.2) is 4.63 Å². The zero-order valence-electron chi connectivity index (χ0n) is 22.3. The minimum absolute atomic E-state index is 0.123. The Hall–Kier alpha value is -1.98. The standard InChI is InChI=1S/C31H40N2OS2/c1-5-9-12-21(7-3)19-31(20-22(8-4)13-10-6-2)24-16-17-35-29(24)30-25(31)18-27(36-30)23-14-11-15-26-28(23)33-34-32-26/h11,14-18,21-22H,5-10,12-13,19-20H2,1-4H3. The van der Waals surface area contributed by atoms with Gasteiger partial charge in [0.2, 0.25) is 0 Å². The van der Waals surface area contributed by atoms with Crippen molar-refractivity contribution in [2.24, 2.45) is 11.8 Å². The van der Waals surface area contributed by atoms with Crippen molar-refractivity contribution in [1.29, 1.82) is 0 Å². The molecule has 0 spiro atoms. The second-order valence-corrected chi connectivity index (χ2v) is 12.7. The first-order valence-corrected chi connectivity index (χ1v) is 15.8. The molecule has 3 aromatic heterocycles. The van der Waals surface area contributed by atoms with Gasteiger partial charge < -0.3 is 0 Å². The molecule has 0 aliphatic heterocycles. The predicted octanol–water partition coefficient (Wildman–Crippen LogP) is 10.5. The summed E-state index contributed by atoms with van der Waals surface area (Å²) in [6.45, 7) is 9.47. The first kappa shape index (κ1) is 25.7. The van der Waals surface area contributed by atoms with Crippen LogP contribution < -0.4 is 0 Å². The molecule has 0 amide bonds. The van der Waals surface area contributed by atoms with Crippen molar-refractivity contribution in [3.8, 4) is 20.2 Å². The molecule has 1 aromatic carbocycles. The average Bonchev–Trinajstić information content (AvgIpc) is 3.68. The summed E-state index contributed by atoms with van der Waals surface area (Å²) in [6, 6.07) is 11.2. The van der Waals surface area contributed by atoms with Gasteiger partial charge in [0.25, 0.3) is 0 Å². The van der Waals surface area contributed by atoms with Gasteiger partial charge in [0, 0.05) is 25.6 Å². The minimum atomic E-state index is 0.123. The van der Waals surface area contributed by atoms with Crippen molar-refractivity contribution < 1.29 is 4.63 Å². The fraction of sp³-hybridized carbons (Fsp3) is 0.548. The van der Waals surface area contributed by atoms with Gasteiger partial charge in [0.15, 0.2) is 0 Å². The van der Waals surface area contributed by atoms with E-state index >= 15 is 0 Å². The second-order valence-electron chi connectivity index (χ2n) is 10.8. The van der Waals surface area contributed by atoms with Crippen LogP contribution in [-0.4, -0.2) is 10.3 Å². The largest absolute Gasteiger partial charge is 0.243 e. The van der Waals surface area contributed by atoms with Crippen LogP contribution in [0, 0.1) is 11.8 Å². The maximum absolute atomic E-state index is 5.11. The lowest BCUT2D eigenvalue weighted by molar-refractivity contribution is 0.266. The lowest BCUT2D eigenvalue weighted by Gasteiger charge is -2.37. The van der Waals surface area contributed by atoms with E-state index in [1.807, 2.05) is 28.7 Å². The molecule has 0 fully saturated rings. The van der Waals surface area contributed by atoms with Gasteiger partial charge in [-0.1, -0.05) is 91.2 Å². The zero-order chi connectivity index (χ0) is 25.1. The summed E-state index contributed by atoms with van der Waals surface area (Å²) in [7, 11) is 0. The van der Waals surface area contributed by atoms with E-state index in [1.165, 1.54) is 78.8 Å².